The minimum atomic E-state index is -5.08. The molecule has 14 heteroatoms. The van der Waals surface area contributed by atoms with Gasteiger partial charge in [-0.3, -0.25) is 4.79 Å². The third-order valence-electron chi connectivity index (χ3n) is 6.62. The molecule has 2 aliphatic rings. The molecule has 1 atom stereocenters. The summed E-state index contributed by atoms with van der Waals surface area (Å²) in [5.41, 5.74) is 1.60. The van der Waals surface area contributed by atoms with Gasteiger partial charge in [0.15, 0.2) is 11.6 Å². The molecule has 8 nitrogen and oxygen atoms in total. The largest absolute Gasteiger partial charge is 0.490 e. The van der Waals surface area contributed by atoms with Crippen molar-refractivity contribution >= 4 is 23.5 Å². The van der Waals surface area contributed by atoms with Crippen LogP contribution in [0, 0.1) is 17.6 Å². The van der Waals surface area contributed by atoms with Gasteiger partial charge < -0.3 is 20.2 Å². The van der Waals surface area contributed by atoms with Crippen LogP contribution in [0.4, 0.5) is 38.0 Å². The van der Waals surface area contributed by atoms with Crippen molar-refractivity contribution in [3.05, 3.63) is 46.8 Å². The summed E-state index contributed by atoms with van der Waals surface area (Å²) < 4.78 is 74.1. The number of hydrogen-bond donors (Lipinski definition) is 2. The first-order valence-corrected chi connectivity index (χ1v) is 12.7. The minimum Gasteiger partial charge on any atom is -0.475 e. The molecular weight excluding hydrogens is 544 g/mol. The molecule has 0 radical (unpaired) electrons. The van der Waals surface area contributed by atoms with E-state index < -0.39 is 30.0 Å². The average molecular weight is 576 g/mol. The molecule has 0 saturated carbocycles. The lowest BCUT2D eigenvalue weighted by Crippen LogP contribution is -2.38. The fraction of sp³-hybridized carbons (Fsp3) is 0.538. The summed E-state index contributed by atoms with van der Waals surface area (Å²) in [4.78, 5) is 34.3. The molecule has 1 unspecified atom stereocenters. The molecule has 1 saturated heterocycles. The van der Waals surface area contributed by atoms with Crippen LogP contribution in [0.15, 0.2) is 18.2 Å². The smallest absolute Gasteiger partial charge is 0.475 e. The number of carbonyl (C=O) groups excluding carboxylic acids is 1. The molecule has 1 aromatic carbocycles. The van der Waals surface area contributed by atoms with Crippen molar-refractivity contribution in [3.8, 4) is 0 Å². The number of benzene rings is 1. The second-order valence-electron chi connectivity index (χ2n) is 9.97. The zero-order valence-corrected chi connectivity index (χ0v) is 22.2. The Kier molecular flexibility index (Phi) is 9.85. The number of aromatic nitrogens is 2. The van der Waals surface area contributed by atoms with Crippen molar-refractivity contribution in [2.75, 3.05) is 29.9 Å². The summed E-state index contributed by atoms with van der Waals surface area (Å²) in [6, 6.07) is 3.17. The number of halogens is 6. The molecule has 4 rings (SSSR count). The number of nitrogens with one attached hydrogen (secondary N) is 1. The molecule has 2 aliphatic heterocycles. The van der Waals surface area contributed by atoms with E-state index in [1.54, 1.807) is 11.8 Å². The van der Waals surface area contributed by atoms with Crippen LogP contribution in [-0.2, 0) is 22.6 Å². The van der Waals surface area contributed by atoms with E-state index in [1.165, 1.54) is 6.07 Å². The van der Waals surface area contributed by atoms with E-state index in [0.29, 0.717) is 51.3 Å². The van der Waals surface area contributed by atoms with Crippen molar-refractivity contribution in [2.45, 2.75) is 65.0 Å². The summed E-state index contributed by atoms with van der Waals surface area (Å²) in [5, 5.41) is 10.5. The van der Waals surface area contributed by atoms with Crippen LogP contribution in [0.5, 0.6) is 0 Å². The van der Waals surface area contributed by atoms with Crippen LogP contribution in [0.3, 0.4) is 0 Å². The summed E-state index contributed by atoms with van der Waals surface area (Å²) in [6.07, 6.45) is -4.87. The van der Waals surface area contributed by atoms with Crippen LogP contribution in [0.25, 0.3) is 0 Å². The number of amides is 1. The quantitative estimate of drug-likeness (QED) is 0.482. The summed E-state index contributed by atoms with van der Waals surface area (Å²) in [5.74, 6) is -3.24. The average Bonchev–Trinajstić information content (AvgIpc) is 2.87. The number of nitrogens with zero attached hydrogens (tertiary/aromatic N) is 4. The van der Waals surface area contributed by atoms with Crippen molar-refractivity contribution in [1.29, 1.82) is 0 Å². The maximum Gasteiger partial charge on any atom is 0.490 e. The van der Waals surface area contributed by atoms with E-state index in [2.05, 4.69) is 10.2 Å². The maximum atomic E-state index is 15.1. The number of rotatable bonds is 5. The molecule has 2 aromatic rings. The molecule has 0 spiro atoms. The second kappa shape index (κ2) is 12.7. The maximum absolute atomic E-state index is 15.1. The highest BCUT2D eigenvalue weighted by Crippen LogP contribution is 2.37. The molecule has 1 aromatic heterocycles. The highest BCUT2D eigenvalue weighted by molar-refractivity contribution is 5.74. The Balaban J connectivity index is 0.000000559. The Morgan fingerprint density at radius 2 is 1.70 bits per heavy atom. The lowest BCUT2D eigenvalue weighted by atomic mass is 9.88. The highest BCUT2D eigenvalue weighted by atomic mass is 19.4. The van der Waals surface area contributed by atoms with Gasteiger partial charge in [0.25, 0.3) is 0 Å². The third-order valence-corrected chi connectivity index (χ3v) is 6.62. The standard InChI is InChI=1S/C24H30F3N5O.C2HF3O2/c1-14(2)28-23-24(30-20-8-11-32(15(3)33)13-21(20)29-23)31-9-6-16(7-10-31)22(27)18-5-4-17(25)12-19(18)26;3-2(4,5)1(6)7/h4-5,12,14,16,22H,6-11,13H2,1-3H3,(H,28,29);(H,6,7). The second-order valence-corrected chi connectivity index (χ2v) is 9.97. The predicted octanol–water partition coefficient (Wildman–Crippen LogP) is 5.04. The third kappa shape index (κ3) is 7.75. The lowest BCUT2D eigenvalue weighted by Gasteiger charge is -2.36. The highest BCUT2D eigenvalue weighted by Gasteiger charge is 2.38. The number of piperidine rings is 1. The first-order chi connectivity index (χ1) is 18.7. The molecule has 1 fully saturated rings. The zero-order valence-electron chi connectivity index (χ0n) is 22.2. The molecule has 220 valence electrons. The van der Waals surface area contributed by atoms with Crippen LogP contribution < -0.4 is 10.2 Å². The van der Waals surface area contributed by atoms with Gasteiger partial charge in [-0.1, -0.05) is 6.07 Å². The van der Waals surface area contributed by atoms with Crippen LogP contribution in [0.1, 0.15) is 56.7 Å². The number of hydrogen-bond acceptors (Lipinski definition) is 6. The van der Waals surface area contributed by atoms with Crippen molar-refractivity contribution in [1.82, 2.24) is 14.9 Å². The van der Waals surface area contributed by atoms with Crippen LogP contribution in [-0.4, -0.2) is 63.7 Å². The van der Waals surface area contributed by atoms with Crippen molar-refractivity contribution in [3.63, 3.8) is 0 Å². The number of fused-ring (bicyclic) bond motifs is 1. The fourth-order valence-corrected chi connectivity index (χ4v) is 4.56. The van der Waals surface area contributed by atoms with Crippen LogP contribution in [0.2, 0.25) is 0 Å². The Bertz CT molecular complexity index is 1220. The van der Waals surface area contributed by atoms with Crippen molar-refractivity contribution in [2.24, 2.45) is 5.92 Å². The van der Waals surface area contributed by atoms with Gasteiger partial charge in [-0.15, -0.1) is 0 Å². The van der Waals surface area contributed by atoms with E-state index in [9.17, 15) is 26.7 Å². The number of anilines is 2. The van der Waals surface area contributed by atoms with Crippen molar-refractivity contribution < 1.29 is 41.0 Å². The van der Waals surface area contributed by atoms with Gasteiger partial charge in [0.05, 0.1) is 17.9 Å². The zero-order chi connectivity index (χ0) is 29.8. The molecule has 0 bridgehead atoms. The van der Waals surface area contributed by atoms with Gasteiger partial charge >= 0.3 is 12.1 Å². The normalized spacial score (nSPS) is 16.6. The molecule has 3 heterocycles. The Morgan fingerprint density at radius 1 is 1.07 bits per heavy atom. The molecule has 0 aliphatic carbocycles. The van der Waals surface area contributed by atoms with Gasteiger partial charge in [-0.05, 0) is 38.7 Å². The number of aliphatic carboxylic acids is 1. The Morgan fingerprint density at radius 3 is 2.23 bits per heavy atom. The summed E-state index contributed by atoms with van der Waals surface area (Å²) >= 11 is 0. The molecular formula is C26H31F6N5O3. The van der Waals surface area contributed by atoms with Crippen LogP contribution >= 0.6 is 0 Å². The SMILES string of the molecule is CC(=O)N1CCc2nc(N3CCC(C(F)c4ccc(F)cc4F)CC3)c(NC(C)C)nc2C1.O=C(O)C(F)(F)F. The summed E-state index contributed by atoms with van der Waals surface area (Å²) in [7, 11) is 0. The fourth-order valence-electron chi connectivity index (χ4n) is 4.56. The minimum absolute atomic E-state index is 0.0188. The number of carboxylic acid groups (broad SMARTS) is 1. The van der Waals surface area contributed by atoms with Gasteiger partial charge in [0.1, 0.15) is 17.8 Å². The lowest BCUT2D eigenvalue weighted by molar-refractivity contribution is -0.192. The van der Waals surface area contributed by atoms with Gasteiger partial charge in [0, 0.05) is 50.7 Å². The monoisotopic (exact) mass is 575 g/mol. The predicted molar refractivity (Wildman–Crippen MR) is 134 cm³/mol. The van der Waals surface area contributed by atoms with Gasteiger partial charge in [-0.2, -0.15) is 13.2 Å². The Labute approximate surface area is 227 Å². The first-order valence-electron chi connectivity index (χ1n) is 12.7. The van der Waals surface area contributed by atoms with E-state index in [-0.39, 0.29) is 23.4 Å². The summed E-state index contributed by atoms with van der Waals surface area (Å²) in [6.45, 7) is 7.78. The Hall–Kier alpha value is -3.58. The van der Waals surface area contributed by atoms with E-state index >= 15 is 4.39 Å². The molecule has 2 N–H and O–H groups in total. The number of carboxylic acids is 1. The van der Waals surface area contributed by atoms with E-state index in [0.717, 1.165) is 29.3 Å². The topological polar surface area (TPSA) is 98.7 Å². The number of carbonyl (C=O) groups is 2. The van der Waals surface area contributed by atoms with Gasteiger partial charge in [0.2, 0.25) is 5.91 Å². The van der Waals surface area contributed by atoms with Gasteiger partial charge in [-0.25, -0.2) is 27.9 Å². The number of alkyl halides is 4. The van der Waals surface area contributed by atoms with E-state index in [4.69, 9.17) is 19.9 Å². The molecule has 40 heavy (non-hydrogen) atoms. The first kappa shape index (κ1) is 31.0. The van der Waals surface area contributed by atoms with E-state index in [1.807, 2.05) is 13.8 Å². The molecule has 1 amide bonds.